The molecule has 2 N–H and O–H groups in total. The topological polar surface area (TPSA) is 110 Å². The minimum Gasteiger partial charge on any atom is -0.487 e. The highest BCUT2D eigenvalue weighted by Crippen LogP contribution is 2.24. The minimum absolute atomic E-state index is 0.0972. The summed E-state index contributed by atoms with van der Waals surface area (Å²) in [7, 11) is 1.69. The van der Waals surface area contributed by atoms with Gasteiger partial charge in [0.25, 0.3) is 5.91 Å². The summed E-state index contributed by atoms with van der Waals surface area (Å²) in [5.41, 5.74) is 1.82. The fraction of sp³-hybridized carbons (Fsp3) is 0.333. The van der Waals surface area contributed by atoms with Gasteiger partial charge in [0.05, 0.1) is 17.8 Å². The van der Waals surface area contributed by atoms with E-state index in [0.29, 0.717) is 41.9 Å². The van der Waals surface area contributed by atoms with Crippen molar-refractivity contribution in [3.63, 3.8) is 0 Å². The van der Waals surface area contributed by atoms with Gasteiger partial charge in [-0.3, -0.25) is 19.3 Å². The number of nitrogens with one attached hydrogen (secondary N) is 1. The molecule has 0 unspecified atom stereocenters. The van der Waals surface area contributed by atoms with Gasteiger partial charge in [0.2, 0.25) is 5.91 Å². The number of fused-ring (bicyclic) bond motifs is 1. The van der Waals surface area contributed by atoms with E-state index in [1.165, 1.54) is 4.68 Å². The number of β-amino-alcohol motifs (C(OH)–C–C–N with tert-alkyl or cyclic N) is 1. The van der Waals surface area contributed by atoms with Gasteiger partial charge in [-0.1, -0.05) is 6.07 Å². The zero-order valence-electron chi connectivity index (χ0n) is 16.6. The number of aliphatic hydroxyl groups excluding tert-OH is 1. The maximum absolute atomic E-state index is 13.0. The molecule has 1 aliphatic rings. The van der Waals surface area contributed by atoms with Crippen LogP contribution < -0.4 is 10.1 Å². The largest absolute Gasteiger partial charge is 0.487 e. The second-order valence-electron chi connectivity index (χ2n) is 7.12. The molecular formula is C21H23N5O4. The number of aliphatic hydroxyl groups is 1. The Hall–Kier alpha value is -3.46. The van der Waals surface area contributed by atoms with Gasteiger partial charge >= 0.3 is 0 Å². The lowest BCUT2D eigenvalue weighted by atomic mass is 10.1. The maximum Gasteiger partial charge on any atom is 0.270 e. The fourth-order valence-electron chi connectivity index (χ4n) is 3.62. The molecule has 9 nitrogen and oxygen atoms in total. The average Bonchev–Trinajstić information content (AvgIpc) is 3.26. The molecule has 1 atom stereocenters. The molecule has 1 aromatic carbocycles. The van der Waals surface area contributed by atoms with Crippen LogP contribution in [-0.4, -0.2) is 62.3 Å². The van der Waals surface area contributed by atoms with Gasteiger partial charge in [0.1, 0.15) is 24.1 Å². The fourth-order valence-corrected chi connectivity index (χ4v) is 3.62. The lowest BCUT2D eigenvalue weighted by Gasteiger charge is -2.15. The van der Waals surface area contributed by atoms with Crippen LogP contribution in [0.3, 0.4) is 0 Å². The molecule has 2 aromatic heterocycles. The third-order valence-corrected chi connectivity index (χ3v) is 5.11. The number of carbonyl (C=O) groups excluding carboxylic acids is 2. The number of likely N-dealkylation sites (tertiary alicyclic amines) is 1. The Morgan fingerprint density at radius 1 is 1.33 bits per heavy atom. The molecule has 2 amide bonds. The van der Waals surface area contributed by atoms with Crippen molar-refractivity contribution < 1.29 is 19.4 Å². The van der Waals surface area contributed by atoms with Crippen LogP contribution in [0.15, 0.2) is 42.6 Å². The average molecular weight is 409 g/mol. The Morgan fingerprint density at radius 2 is 2.20 bits per heavy atom. The number of hydrogen-bond acceptors (Lipinski definition) is 6. The number of aromatic nitrogens is 3. The summed E-state index contributed by atoms with van der Waals surface area (Å²) in [4.78, 5) is 31.1. The minimum atomic E-state index is -0.599. The number of benzene rings is 1. The highest BCUT2D eigenvalue weighted by atomic mass is 16.5. The van der Waals surface area contributed by atoms with E-state index in [2.05, 4.69) is 15.4 Å². The molecule has 0 spiro atoms. The monoisotopic (exact) mass is 409 g/mol. The molecule has 1 aliphatic heterocycles. The van der Waals surface area contributed by atoms with Crippen LogP contribution in [0.4, 0.5) is 0 Å². The maximum atomic E-state index is 13.0. The van der Waals surface area contributed by atoms with Crippen molar-refractivity contribution >= 4 is 22.7 Å². The number of ether oxygens (including phenoxy) is 1. The molecule has 0 bridgehead atoms. The normalized spacial score (nSPS) is 16.3. The molecule has 30 heavy (non-hydrogen) atoms. The van der Waals surface area contributed by atoms with Gasteiger partial charge in [-0.15, -0.1) is 0 Å². The molecule has 9 heteroatoms. The number of aryl methyl sites for hydroxylation is 1. The summed E-state index contributed by atoms with van der Waals surface area (Å²) in [6, 6.07) is 10.4. The smallest absolute Gasteiger partial charge is 0.270 e. The van der Waals surface area contributed by atoms with Crippen molar-refractivity contribution in [2.75, 3.05) is 19.7 Å². The molecule has 1 fully saturated rings. The first-order valence-corrected chi connectivity index (χ1v) is 9.77. The van der Waals surface area contributed by atoms with Crippen LogP contribution in [0, 0.1) is 0 Å². The van der Waals surface area contributed by atoms with Crippen LogP contribution in [0.2, 0.25) is 0 Å². The van der Waals surface area contributed by atoms with Crippen molar-refractivity contribution in [3.8, 4) is 5.75 Å². The van der Waals surface area contributed by atoms with E-state index in [0.717, 1.165) is 5.69 Å². The summed E-state index contributed by atoms with van der Waals surface area (Å²) in [5, 5.41) is 16.9. The van der Waals surface area contributed by atoms with E-state index < -0.39 is 6.04 Å². The summed E-state index contributed by atoms with van der Waals surface area (Å²) in [6.07, 6.45) is 2.22. The van der Waals surface area contributed by atoms with Gasteiger partial charge in [0.15, 0.2) is 0 Å². The summed E-state index contributed by atoms with van der Waals surface area (Å²) in [6.45, 7) is 1.00. The van der Waals surface area contributed by atoms with Crippen LogP contribution in [0.5, 0.6) is 5.75 Å². The first-order valence-electron chi connectivity index (χ1n) is 9.77. The Kier molecular flexibility index (Phi) is 5.62. The van der Waals surface area contributed by atoms with Crippen molar-refractivity contribution in [2.45, 2.75) is 19.1 Å². The Balaban J connectivity index is 1.52. The number of rotatable bonds is 7. The van der Waals surface area contributed by atoms with Crippen LogP contribution in [0.1, 0.15) is 22.6 Å². The van der Waals surface area contributed by atoms with Crippen LogP contribution in [-0.2, 0) is 18.4 Å². The molecule has 0 saturated carbocycles. The Labute approximate surface area is 173 Å². The number of carbonyl (C=O) groups is 2. The Bertz CT molecular complexity index is 1070. The zero-order chi connectivity index (χ0) is 21.1. The third kappa shape index (κ3) is 3.97. The summed E-state index contributed by atoms with van der Waals surface area (Å²) in [5.74, 6) is 0.0515. The highest BCUT2D eigenvalue weighted by molar-refractivity contribution is 6.06. The molecule has 3 aromatic rings. The third-order valence-electron chi connectivity index (χ3n) is 5.11. The van der Waals surface area contributed by atoms with E-state index in [1.54, 1.807) is 36.3 Å². The second kappa shape index (κ2) is 8.50. The van der Waals surface area contributed by atoms with Gasteiger partial charge in [-0.2, -0.15) is 5.10 Å². The predicted octanol–water partition coefficient (Wildman–Crippen LogP) is 0.870. The molecule has 0 aliphatic carbocycles. The first kappa shape index (κ1) is 19.8. The molecule has 1 saturated heterocycles. The van der Waals surface area contributed by atoms with Crippen molar-refractivity contribution in [1.82, 2.24) is 25.0 Å². The molecule has 156 valence electrons. The van der Waals surface area contributed by atoms with Gasteiger partial charge < -0.3 is 20.1 Å². The van der Waals surface area contributed by atoms with Gasteiger partial charge in [-0.05, 0) is 36.8 Å². The lowest BCUT2D eigenvalue weighted by Crippen LogP contribution is -2.42. The lowest BCUT2D eigenvalue weighted by molar-refractivity contribution is -0.129. The molecular weight excluding hydrogens is 386 g/mol. The van der Waals surface area contributed by atoms with Gasteiger partial charge in [-0.25, -0.2) is 0 Å². The first-order chi connectivity index (χ1) is 14.6. The quantitative estimate of drug-likeness (QED) is 0.599. The number of pyridine rings is 1. The van der Waals surface area contributed by atoms with Crippen molar-refractivity contribution in [2.24, 2.45) is 7.05 Å². The van der Waals surface area contributed by atoms with Crippen LogP contribution in [0.25, 0.3) is 10.9 Å². The number of amides is 2. The van der Waals surface area contributed by atoms with Crippen molar-refractivity contribution in [3.05, 3.63) is 54.0 Å². The zero-order valence-corrected chi connectivity index (χ0v) is 16.6. The standard InChI is InChI=1S/C21H23N5O4/c1-25-19(20(28)23-18-7-9-26(10-11-27)21(18)29)16-12-15(5-6-17(16)24-25)30-13-14-4-2-3-8-22-14/h2-6,8,12,18,27H,7,9-11,13H2,1H3,(H,23,28)/t18-/m1/s1. The van der Waals surface area contributed by atoms with E-state index in [-0.39, 0.29) is 25.0 Å². The van der Waals surface area contributed by atoms with E-state index >= 15 is 0 Å². The summed E-state index contributed by atoms with van der Waals surface area (Å²) < 4.78 is 7.33. The van der Waals surface area contributed by atoms with Gasteiger partial charge in [0, 0.05) is 31.7 Å². The van der Waals surface area contributed by atoms with E-state index in [1.807, 2.05) is 18.2 Å². The highest BCUT2D eigenvalue weighted by Gasteiger charge is 2.33. The van der Waals surface area contributed by atoms with Crippen molar-refractivity contribution in [1.29, 1.82) is 0 Å². The SMILES string of the molecule is Cn1nc2ccc(OCc3ccccn3)cc2c1C(=O)N[C@@H]1CCN(CCO)C1=O. The summed E-state index contributed by atoms with van der Waals surface area (Å²) >= 11 is 0. The molecule has 4 rings (SSSR count). The van der Waals surface area contributed by atoms with Crippen LogP contribution >= 0.6 is 0 Å². The number of hydrogen-bond donors (Lipinski definition) is 2. The number of nitrogens with zero attached hydrogens (tertiary/aromatic N) is 4. The molecule has 3 heterocycles. The second-order valence-corrected chi connectivity index (χ2v) is 7.12. The van der Waals surface area contributed by atoms with E-state index in [4.69, 9.17) is 9.84 Å². The predicted molar refractivity (Wildman–Crippen MR) is 109 cm³/mol. The van der Waals surface area contributed by atoms with E-state index in [9.17, 15) is 9.59 Å². The Morgan fingerprint density at radius 3 is 2.97 bits per heavy atom. The molecule has 0 radical (unpaired) electrons.